The van der Waals surface area contributed by atoms with Gasteiger partial charge in [0, 0.05) is 36.7 Å². The average molecular weight is 524 g/mol. The van der Waals surface area contributed by atoms with Crippen LogP contribution >= 0.6 is 0 Å². The number of anilines is 1. The van der Waals surface area contributed by atoms with Crippen molar-refractivity contribution < 1.29 is 14.3 Å². The molecule has 200 valence electrons. The van der Waals surface area contributed by atoms with Crippen molar-refractivity contribution in [3.63, 3.8) is 0 Å². The summed E-state index contributed by atoms with van der Waals surface area (Å²) in [4.78, 5) is 13.1. The van der Waals surface area contributed by atoms with E-state index in [0.29, 0.717) is 11.6 Å². The van der Waals surface area contributed by atoms with Gasteiger partial charge in [-0.2, -0.15) is 0 Å². The van der Waals surface area contributed by atoms with Crippen LogP contribution in [-0.4, -0.2) is 29.9 Å². The zero-order chi connectivity index (χ0) is 27.5. The molecule has 0 radical (unpaired) electrons. The van der Waals surface area contributed by atoms with Crippen molar-refractivity contribution in [1.82, 2.24) is 5.32 Å². The van der Waals surface area contributed by atoms with Crippen molar-refractivity contribution in [2.75, 3.05) is 11.4 Å². The second-order valence-corrected chi connectivity index (χ2v) is 10.4. The fourth-order valence-corrected chi connectivity index (χ4v) is 5.55. The summed E-state index contributed by atoms with van der Waals surface area (Å²) in [6.07, 6.45) is 8.92. The molecular formula is C33H34FN3O2. The molecule has 1 aliphatic carbocycles. The highest BCUT2D eigenvalue weighted by Gasteiger charge is 2.35. The minimum atomic E-state index is -0.992. The lowest BCUT2D eigenvalue weighted by atomic mass is 9.83. The first kappa shape index (κ1) is 26.4. The molecule has 3 N–H and O–H groups in total. The zero-order valence-electron chi connectivity index (χ0n) is 22.3. The summed E-state index contributed by atoms with van der Waals surface area (Å²) in [5.41, 5.74) is 7.51. The number of rotatable bonds is 9. The number of fused-ring (bicyclic) bond motifs is 1. The van der Waals surface area contributed by atoms with Crippen molar-refractivity contribution in [2.24, 2.45) is 0 Å². The quantitative estimate of drug-likeness (QED) is 0.210. The molecule has 2 unspecified atom stereocenters. The van der Waals surface area contributed by atoms with E-state index >= 15 is 4.39 Å². The van der Waals surface area contributed by atoms with E-state index in [-0.39, 0.29) is 17.9 Å². The summed E-state index contributed by atoms with van der Waals surface area (Å²) in [5.74, 6) is -0.711. The van der Waals surface area contributed by atoms with Gasteiger partial charge in [-0.25, -0.2) is 9.18 Å². The van der Waals surface area contributed by atoms with Crippen LogP contribution in [0.3, 0.4) is 0 Å². The van der Waals surface area contributed by atoms with Crippen LogP contribution in [0.1, 0.15) is 72.0 Å². The molecule has 0 aromatic heterocycles. The number of carboxylic acids is 1. The molecule has 0 spiro atoms. The lowest BCUT2D eigenvalue weighted by molar-refractivity contribution is -0.131. The first-order valence-electron chi connectivity index (χ1n) is 13.6. The lowest BCUT2D eigenvalue weighted by Crippen LogP contribution is -2.43. The van der Waals surface area contributed by atoms with Gasteiger partial charge in [-0.05, 0) is 90.6 Å². The number of hydrogen-bond acceptors (Lipinski definition) is 4. The summed E-state index contributed by atoms with van der Waals surface area (Å²) in [6.45, 7) is 4.93. The zero-order valence-corrected chi connectivity index (χ0v) is 22.3. The fraction of sp³-hybridized carbons (Fsp3) is 0.273. The highest BCUT2D eigenvalue weighted by atomic mass is 19.1. The Morgan fingerprint density at radius 2 is 1.85 bits per heavy atom. The molecule has 1 fully saturated rings. The average Bonchev–Trinajstić information content (AvgIpc) is 3.78. The minimum absolute atomic E-state index is 0.0202. The highest BCUT2D eigenvalue weighted by molar-refractivity contribution is 6.08. The topological polar surface area (TPSA) is 76.4 Å². The molecule has 1 saturated carbocycles. The Morgan fingerprint density at radius 1 is 1.10 bits per heavy atom. The Balaban J connectivity index is 1.60. The van der Waals surface area contributed by atoms with Crippen molar-refractivity contribution in [3.05, 3.63) is 112 Å². The van der Waals surface area contributed by atoms with E-state index in [2.05, 4.69) is 35.3 Å². The number of benzene rings is 3. The number of nitrogens with zero attached hydrogens (tertiary/aromatic N) is 1. The number of halogens is 1. The maximum atomic E-state index is 15.7. The summed E-state index contributed by atoms with van der Waals surface area (Å²) in [6, 6.07) is 19.6. The van der Waals surface area contributed by atoms with Crippen LogP contribution < -0.4 is 10.2 Å². The van der Waals surface area contributed by atoms with Crippen LogP contribution in [0, 0.1) is 11.2 Å². The van der Waals surface area contributed by atoms with E-state index in [9.17, 15) is 4.79 Å². The molecule has 1 heterocycles. The fourth-order valence-electron chi connectivity index (χ4n) is 5.55. The van der Waals surface area contributed by atoms with Crippen LogP contribution in [0.2, 0.25) is 0 Å². The van der Waals surface area contributed by atoms with Crippen LogP contribution in [0.5, 0.6) is 0 Å². The maximum absolute atomic E-state index is 15.7. The lowest BCUT2D eigenvalue weighted by Gasteiger charge is -2.44. The molecule has 2 atom stereocenters. The van der Waals surface area contributed by atoms with Gasteiger partial charge in [0.1, 0.15) is 5.82 Å². The summed E-state index contributed by atoms with van der Waals surface area (Å²) in [7, 11) is 0. The van der Waals surface area contributed by atoms with Crippen molar-refractivity contribution in [3.8, 4) is 0 Å². The van der Waals surface area contributed by atoms with E-state index < -0.39 is 5.97 Å². The van der Waals surface area contributed by atoms with Crippen molar-refractivity contribution >= 4 is 29.5 Å². The molecule has 3 aromatic carbocycles. The summed E-state index contributed by atoms with van der Waals surface area (Å²) in [5, 5.41) is 20.1. The van der Waals surface area contributed by atoms with E-state index in [0.717, 1.165) is 65.3 Å². The first-order chi connectivity index (χ1) is 18.9. The third kappa shape index (κ3) is 5.65. The van der Waals surface area contributed by atoms with Gasteiger partial charge < -0.3 is 20.7 Å². The molecule has 1 aliphatic heterocycles. The first-order valence-corrected chi connectivity index (χ1v) is 13.6. The number of carboxylic acid groups (broad SMARTS) is 1. The molecule has 0 bridgehead atoms. The maximum Gasteiger partial charge on any atom is 0.328 e. The Morgan fingerprint density at radius 3 is 2.49 bits per heavy atom. The highest BCUT2D eigenvalue weighted by Crippen LogP contribution is 2.45. The number of allylic oxidation sites excluding steroid dienone is 1. The second kappa shape index (κ2) is 11.3. The van der Waals surface area contributed by atoms with Gasteiger partial charge in [0.25, 0.3) is 0 Å². The van der Waals surface area contributed by atoms with E-state index in [1.165, 1.54) is 11.8 Å². The molecule has 0 saturated heterocycles. The molecule has 5 nitrogen and oxygen atoms in total. The molecule has 39 heavy (non-hydrogen) atoms. The Hall–Kier alpha value is -4.19. The SMILES string of the molecule is CCN/C=C(\C=N)c1ccc2c(c1)CC(C)N(c1ccc(C3CC3)cc1F)C2c1ccc(/C=C/C(=O)O)cc1. The predicted octanol–water partition coefficient (Wildman–Crippen LogP) is 6.94. The van der Waals surface area contributed by atoms with Gasteiger partial charge in [0.15, 0.2) is 0 Å². The monoisotopic (exact) mass is 523 g/mol. The normalized spacial score (nSPS) is 19.2. The predicted molar refractivity (Wildman–Crippen MR) is 156 cm³/mol. The van der Waals surface area contributed by atoms with Gasteiger partial charge >= 0.3 is 5.97 Å². The van der Waals surface area contributed by atoms with Crippen molar-refractivity contribution in [1.29, 1.82) is 5.41 Å². The largest absolute Gasteiger partial charge is 0.478 e. The van der Waals surface area contributed by atoms with Gasteiger partial charge in [-0.3, -0.25) is 0 Å². The summed E-state index contributed by atoms with van der Waals surface area (Å²) >= 11 is 0. The molecule has 3 aromatic rings. The molecule has 6 heteroatoms. The summed E-state index contributed by atoms with van der Waals surface area (Å²) < 4.78 is 15.7. The Labute approximate surface area is 229 Å². The number of hydrogen-bond donors (Lipinski definition) is 3. The molecule has 2 aliphatic rings. The third-order valence-corrected chi connectivity index (χ3v) is 7.63. The van der Waals surface area contributed by atoms with Gasteiger partial charge in [-0.1, -0.05) is 48.5 Å². The van der Waals surface area contributed by atoms with Crippen molar-refractivity contribution in [2.45, 2.75) is 51.1 Å². The van der Waals surface area contributed by atoms with Crippen LogP contribution in [0.4, 0.5) is 10.1 Å². The Kier molecular flexibility index (Phi) is 7.64. The third-order valence-electron chi connectivity index (χ3n) is 7.63. The number of aliphatic carboxylic acids is 1. The van der Waals surface area contributed by atoms with E-state index in [1.54, 1.807) is 12.1 Å². The minimum Gasteiger partial charge on any atom is -0.478 e. The number of nitrogens with one attached hydrogen (secondary N) is 2. The Bertz CT molecular complexity index is 1440. The van der Waals surface area contributed by atoms with Gasteiger partial charge in [-0.15, -0.1) is 0 Å². The van der Waals surface area contributed by atoms with E-state index in [1.807, 2.05) is 49.5 Å². The second-order valence-electron chi connectivity index (χ2n) is 10.4. The van der Waals surface area contributed by atoms with Gasteiger partial charge in [0.05, 0.1) is 11.7 Å². The molecule has 5 rings (SSSR count). The van der Waals surface area contributed by atoms with Gasteiger partial charge in [0.2, 0.25) is 0 Å². The smallest absolute Gasteiger partial charge is 0.328 e. The van der Waals surface area contributed by atoms with Crippen LogP contribution in [-0.2, 0) is 11.2 Å². The van der Waals surface area contributed by atoms with E-state index in [4.69, 9.17) is 10.5 Å². The van der Waals surface area contributed by atoms with Crippen LogP contribution in [0.15, 0.2) is 72.9 Å². The molecular weight excluding hydrogens is 489 g/mol. The van der Waals surface area contributed by atoms with Crippen LogP contribution in [0.25, 0.3) is 11.6 Å². The standard InChI is InChI=1S/C33H34FN3O2/c1-3-36-20-28(19-35)25-11-13-29-27(17-25)16-21(2)37(31-14-12-26(18-30(31)34)23-9-10-23)33(29)24-7-4-22(5-8-24)6-15-32(38)39/h4-8,11-15,17-21,23,33,35-36H,3,9-10,16H2,1-2H3,(H,38,39)/b15-6+,28-20+,35-19?. The molecule has 0 amide bonds. The number of carbonyl (C=O) groups is 1.